The van der Waals surface area contributed by atoms with Gasteiger partial charge in [-0.15, -0.1) is 0 Å². The summed E-state index contributed by atoms with van der Waals surface area (Å²) in [6.07, 6.45) is 8.55. The van der Waals surface area contributed by atoms with Crippen molar-refractivity contribution < 1.29 is 0 Å². The number of nitrogen functional groups attached to an aromatic ring is 1. The van der Waals surface area contributed by atoms with Crippen molar-refractivity contribution in [2.24, 2.45) is 5.73 Å². The zero-order valence-corrected chi connectivity index (χ0v) is 20.2. The third-order valence-corrected chi connectivity index (χ3v) is 7.34. The first-order chi connectivity index (χ1) is 17.0. The largest absolute Gasteiger partial charge is 0.382 e. The summed E-state index contributed by atoms with van der Waals surface area (Å²) in [5.41, 5.74) is 17.2. The number of imidazole rings is 1. The Hall–Kier alpha value is -3.43. The molecule has 9 nitrogen and oxygen atoms in total. The Kier molecular flexibility index (Phi) is 5.46. The molecule has 4 N–H and O–H groups in total. The molecule has 1 atom stereocenters. The quantitative estimate of drug-likeness (QED) is 0.411. The lowest BCUT2D eigenvalue weighted by molar-refractivity contribution is 0.345. The minimum absolute atomic E-state index is 0.440. The van der Waals surface area contributed by atoms with Gasteiger partial charge in [0, 0.05) is 37.9 Å². The topological polar surface area (TPSA) is 115 Å². The Balaban J connectivity index is 1.37. The van der Waals surface area contributed by atoms with Gasteiger partial charge in [-0.1, -0.05) is 17.7 Å². The van der Waals surface area contributed by atoms with E-state index in [1.54, 1.807) is 12.3 Å². The van der Waals surface area contributed by atoms with Crippen molar-refractivity contribution in [3.05, 3.63) is 65.5 Å². The van der Waals surface area contributed by atoms with Crippen LogP contribution in [0.25, 0.3) is 11.0 Å². The normalized spacial score (nSPS) is 20.3. The van der Waals surface area contributed by atoms with E-state index in [4.69, 9.17) is 28.1 Å². The highest BCUT2D eigenvalue weighted by Crippen LogP contribution is 2.35. The van der Waals surface area contributed by atoms with Gasteiger partial charge >= 0.3 is 0 Å². The molecule has 0 spiro atoms. The van der Waals surface area contributed by atoms with Gasteiger partial charge in [0.25, 0.3) is 0 Å². The zero-order chi connectivity index (χ0) is 24.0. The van der Waals surface area contributed by atoms with Crippen molar-refractivity contribution in [3.8, 4) is 0 Å². The number of aromatic nitrogens is 5. The van der Waals surface area contributed by atoms with E-state index >= 15 is 0 Å². The highest BCUT2D eigenvalue weighted by atomic mass is 35.5. The number of hydrogen-bond acceptors (Lipinski definition) is 8. The zero-order valence-electron chi connectivity index (χ0n) is 19.4. The highest BCUT2D eigenvalue weighted by molar-refractivity contribution is 6.29. The summed E-state index contributed by atoms with van der Waals surface area (Å²) >= 11 is 6.19. The Morgan fingerprint density at radius 1 is 1.03 bits per heavy atom. The van der Waals surface area contributed by atoms with Gasteiger partial charge < -0.3 is 25.8 Å². The van der Waals surface area contributed by atoms with E-state index in [1.165, 1.54) is 12.0 Å². The summed E-state index contributed by atoms with van der Waals surface area (Å²) in [6.45, 7) is 4.26. The summed E-state index contributed by atoms with van der Waals surface area (Å²) in [4.78, 5) is 22.7. The number of anilines is 3. The fraction of sp³-hybridized carbons (Fsp3) is 0.360. The minimum Gasteiger partial charge on any atom is -0.382 e. The van der Waals surface area contributed by atoms with Crippen molar-refractivity contribution in [3.63, 3.8) is 0 Å². The van der Waals surface area contributed by atoms with E-state index < -0.39 is 5.54 Å². The molecular formula is C25H28ClN9. The first-order valence-corrected chi connectivity index (χ1v) is 12.3. The average molecular weight is 490 g/mol. The van der Waals surface area contributed by atoms with Crippen LogP contribution in [-0.2, 0) is 12.1 Å². The molecule has 6 rings (SSSR count). The lowest BCUT2D eigenvalue weighted by Crippen LogP contribution is -2.52. The predicted octanol–water partition coefficient (Wildman–Crippen LogP) is 3.17. The van der Waals surface area contributed by atoms with Crippen LogP contribution in [0.3, 0.4) is 0 Å². The maximum atomic E-state index is 6.94. The lowest BCUT2D eigenvalue weighted by Gasteiger charge is -2.42. The van der Waals surface area contributed by atoms with Crippen LogP contribution < -0.4 is 21.3 Å². The molecule has 180 valence electrons. The Morgan fingerprint density at radius 3 is 2.69 bits per heavy atom. The van der Waals surface area contributed by atoms with Crippen molar-refractivity contribution in [2.75, 3.05) is 41.7 Å². The van der Waals surface area contributed by atoms with E-state index in [0.29, 0.717) is 24.1 Å². The van der Waals surface area contributed by atoms with Gasteiger partial charge in [-0.25, -0.2) is 19.9 Å². The number of nitrogens with two attached hydrogens (primary N) is 2. The molecule has 2 saturated heterocycles. The Morgan fingerprint density at radius 2 is 1.89 bits per heavy atom. The van der Waals surface area contributed by atoms with E-state index in [9.17, 15) is 0 Å². The van der Waals surface area contributed by atoms with Crippen LogP contribution in [0.15, 0.2) is 49.1 Å². The number of fused-ring (bicyclic) bond motifs is 1. The molecule has 6 heterocycles. The van der Waals surface area contributed by atoms with E-state index in [0.717, 1.165) is 60.7 Å². The molecule has 0 aromatic carbocycles. The molecule has 35 heavy (non-hydrogen) atoms. The molecule has 2 aliphatic rings. The van der Waals surface area contributed by atoms with Gasteiger partial charge in [-0.3, -0.25) is 0 Å². The second-order valence-electron chi connectivity index (χ2n) is 9.48. The Labute approximate surface area is 208 Å². The summed E-state index contributed by atoms with van der Waals surface area (Å²) < 4.78 is 2.12. The molecule has 2 aliphatic heterocycles. The van der Waals surface area contributed by atoms with Crippen LogP contribution in [0, 0.1) is 0 Å². The van der Waals surface area contributed by atoms with E-state index in [2.05, 4.69) is 35.4 Å². The molecule has 0 radical (unpaired) electrons. The van der Waals surface area contributed by atoms with Crippen LogP contribution >= 0.6 is 11.6 Å². The summed E-state index contributed by atoms with van der Waals surface area (Å²) in [6, 6.07) is 9.82. The fourth-order valence-electron chi connectivity index (χ4n) is 5.11. The van der Waals surface area contributed by atoms with E-state index in [-0.39, 0.29) is 0 Å². The SMILES string of the molecule is Nc1nccc2c1ncn2Cc1cc(N2CCC2)ncc1N1CCCC(N)(c2cccc(Cl)n2)C1. The molecule has 0 saturated carbocycles. The number of pyridine rings is 3. The molecule has 4 aromatic rings. The van der Waals surface area contributed by atoms with Crippen molar-refractivity contribution >= 4 is 40.0 Å². The maximum absolute atomic E-state index is 6.94. The second-order valence-corrected chi connectivity index (χ2v) is 9.86. The molecule has 1 unspecified atom stereocenters. The fourth-order valence-corrected chi connectivity index (χ4v) is 5.28. The minimum atomic E-state index is -0.585. The number of hydrogen-bond donors (Lipinski definition) is 2. The lowest BCUT2D eigenvalue weighted by atomic mass is 9.86. The van der Waals surface area contributed by atoms with Crippen molar-refractivity contribution in [1.82, 2.24) is 24.5 Å². The smallest absolute Gasteiger partial charge is 0.151 e. The maximum Gasteiger partial charge on any atom is 0.151 e. The van der Waals surface area contributed by atoms with Crippen LogP contribution in [0.2, 0.25) is 5.15 Å². The van der Waals surface area contributed by atoms with Crippen molar-refractivity contribution in [1.29, 1.82) is 0 Å². The Bertz CT molecular complexity index is 1380. The molecule has 2 fully saturated rings. The molecule has 10 heteroatoms. The first kappa shape index (κ1) is 22.1. The van der Waals surface area contributed by atoms with Gasteiger partial charge in [0.15, 0.2) is 5.82 Å². The molecule has 0 aliphatic carbocycles. The second kappa shape index (κ2) is 8.66. The average Bonchev–Trinajstić information content (AvgIpc) is 3.22. The number of piperidine rings is 1. The first-order valence-electron chi connectivity index (χ1n) is 12.0. The van der Waals surface area contributed by atoms with Crippen molar-refractivity contribution in [2.45, 2.75) is 31.3 Å². The monoisotopic (exact) mass is 489 g/mol. The third-order valence-electron chi connectivity index (χ3n) is 7.13. The third kappa shape index (κ3) is 4.04. The van der Waals surface area contributed by atoms with Crippen LogP contribution in [0.4, 0.5) is 17.3 Å². The predicted molar refractivity (Wildman–Crippen MR) is 139 cm³/mol. The van der Waals surface area contributed by atoms with Crippen LogP contribution in [0.5, 0.6) is 0 Å². The number of nitrogens with zero attached hydrogens (tertiary/aromatic N) is 7. The number of rotatable bonds is 5. The molecule has 0 amide bonds. The van der Waals surface area contributed by atoms with Gasteiger partial charge in [-0.2, -0.15) is 0 Å². The van der Waals surface area contributed by atoms with Gasteiger partial charge in [0.1, 0.15) is 16.5 Å². The van der Waals surface area contributed by atoms with Gasteiger partial charge in [0.2, 0.25) is 0 Å². The molecular weight excluding hydrogens is 462 g/mol. The van der Waals surface area contributed by atoms with Gasteiger partial charge in [-0.05, 0) is 43.5 Å². The highest BCUT2D eigenvalue weighted by Gasteiger charge is 2.36. The molecule has 0 bridgehead atoms. The summed E-state index contributed by atoms with van der Waals surface area (Å²) in [5, 5.41) is 0.464. The van der Waals surface area contributed by atoms with E-state index in [1.807, 2.05) is 30.7 Å². The van der Waals surface area contributed by atoms with Crippen LogP contribution in [-0.4, -0.2) is 50.7 Å². The standard InChI is InChI=1S/C25H28ClN9/c26-21-5-1-4-20(32-21)25(28)7-2-9-34(15-25)19-13-30-22(33-10-3-11-33)12-17(19)14-35-16-31-23-18(35)6-8-29-24(23)27/h1,4-6,8,12-13,16H,2-3,7,9-11,14-15,28H2,(H2,27,29). The van der Waals surface area contributed by atoms with Gasteiger partial charge in [0.05, 0.1) is 41.5 Å². The molecule has 4 aromatic heterocycles. The summed E-state index contributed by atoms with van der Waals surface area (Å²) in [7, 11) is 0. The summed E-state index contributed by atoms with van der Waals surface area (Å²) in [5.74, 6) is 1.45. The number of halogens is 1. The van der Waals surface area contributed by atoms with Crippen LogP contribution in [0.1, 0.15) is 30.5 Å².